The summed E-state index contributed by atoms with van der Waals surface area (Å²) in [5, 5.41) is 0. The van der Waals surface area contributed by atoms with Crippen molar-refractivity contribution in [1.29, 1.82) is 0 Å². The molecule has 136 valence electrons. The van der Waals surface area contributed by atoms with E-state index in [4.69, 9.17) is 15.2 Å². The Morgan fingerprint density at radius 1 is 1.00 bits per heavy atom. The molecule has 0 amide bonds. The largest absolute Gasteiger partial charge is 0.490 e. The quantitative estimate of drug-likeness (QED) is 0.636. The summed E-state index contributed by atoms with van der Waals surface area (Å²) in [5.74, 6) is 1.46. The van der Waals surface area contributed by atoms with Gasteiger partial charge in [0.2, 0.25) is 0 Å². The first-order valence-corrected chi connectivity index (χ1v) is 9.02. The van der Waals surface area contributed by atoms with Crippen LogP contribution in [0.5, 0.6) is 11.5 Å². The lowest BCUT2D eigenvalue weighted by atomic mass is 9.92. The van der Waals surface area contributed by atoms with Gasteiger partial charge in [-0.2, -0.15) is 0 Å². The lowest BCUT2D eigenvalue weighted by molar-refractivity contribution is 0.272. The van der Waals surface area contributed by atoms with Crippen LogP contribution in [-0.2, 0) is 6.42 Å². The minimum absolute atomic E-state index is 0.141. The Morgan fingerprint density at radius 3 is 2.40 bits per heavy atom. The maximum absolute atomic E-state index is 13.1. The molecule has 0 aliphatic carbocycles. The van der Waals surface area contributed by atoms with Gasteiger partial charge in [-0.1, -0.05) is 31.5 Å². The zero-order valence-corrected chi connectivity index (χ0v) is 15.1. The molecule has 1 unspecified atom stereocenters. The smallest absolute Gasteiger partial charge is 0.161 e. The highest BCUT2D eigenvalue weighted by Gasteiger charge is 2.13. The van der Waals surface area contributed by atoms with Crippen molar-refractivity contribution < 1.29 is 13.9 Å². The van der Waals surface area contributed by atoms with Crippen LogP contribution in [0.3, 0.4) is 0 Å². The van der Waals surface area contributed by atoms with Crippen LogP contribution in [0.4, 0.5) is 4.39 Å². The van der Waals surface area contributed by atoms with Crippen LogP contribution in [0, 0.1) is 5.82 Å². The zero-order chi connectivity index (χ0) is 18.1. The fraction of sp³-hybridized carbons (Fsp3) is 0.429. The number of nitrogens with two attached hydrogens (primary N) is 1. The third kappa shape index (κ3) is 5.75. The van der Waals surface area contributed by atoms with Gasteiger partial charge in [-0.3, -0.25) is 0 Å². The normalized spacial score (nSPS) is 12.0. The van der Waals surface area contributed by atoms with Gasteiger partial charge in [-0.05, 0) is 61.7 Å². The number of unbranched alkanes of at least 4 members (excludes halogenated alkanes) is 1. The Morgan fingerprint density at radius 2 is 1.76 bits per heavy atom. The van der Waals surface area contributed by atoms with Crippen molar-refractivity contribution in [3.8, 4) is 11.5 Å². The van der Waals surface area contributed by atoms with E-state index in [1.54, 1.807) is 12.1 Å². The van der Waals surface area contributed by atoms with Crippen molar-refractivity contribution in [1.82, 2.24) is 0 Å². The predicted octanol–water partition coefficient (Wildman–Crippen LogP) is 4.69. The van der Waals surface area contributed by atoms with Gasteiger partial charge in [-0.25, -0.2) is 4.39 Å². The first-order valence-electron chi connectivity index (χ1n) is 9.02. The molecule has 0 radical (unpaired) electrons. The number of benzene rings is 2. The van der Waals surface area contributed by atoms with Crippen LogP contribution in [0.1, 0.15) is 43.7 Å². The standard InChI is InChI=1S/C21H28FNO2/c1-3-5-12-25-20-11-6-16(14-21(20)24-4-2)13-18(15-23)17-7-9-19(22)10-8-17/h6-11,14,18H,3-5,12-13,15,23H2,1-2H3. The number of hydrogen-bond donors (Lipinski definition) is 1. The van der Waals surface area contributed by atoms with Crippen molar-refractivity contribution in [3.05, 3.63) is 59.4 Å². The zero-order valence-electron chi connectivity index (χ0n) is 15.1. The molecule has 0 aliphatic rings. The molecular formula is C21H28FNO2. The summed E-state index contributed by atoms with van der Waals surface area (Å²) in [6.45, 7) is 5.88. The second-order valence-corrected chi connectivity index (χ2v) is 6.10. The summed E-state index contributed by atoms with van der Waals surface area (Å²) < 4.78 is 24.7. The first-order chi connectivity index (χ1) is 12.2. The highest BCUT2D eigenvalue weighted by atomic mass is 19.1. The molecule has 25 heavy (non-hydrogen) atoms. The Bertz CT molecular complexity index is 643. The Hall–Kier alpha value is -2.07. The van der Waals surface area contributed by atoms with Crippen LogP contribution < -0.4 is 15.2 Å². The predicted molar refractivity (Wildman–Crippen MR) is 99.9 cm³/mol. The molecule has 2 aromatic rings. The van der Waals surface area contributed by atoms with Crippen molar-refractivity contribution in [2.45, 2.75) is 39.0 Å². The average molecular weight is 345 g/mol. The van der Waals surface area contributed by atoms with Gasteiger partial charge in [0.25, 0.3) is 0 Å². The molecule has 0 spiro atoms. The van der Waals surface area contributed by atoms with Crippen LogP contribution >= 0.6 is 0 Å². The maximum atomic E-state index is 13.1. The minimum Gasteiger partial charge on any atom is -0.490 e. The first kappa shape index (κ1) is 19.3. The van der Waals surface area contributed by atoms with E-state index in [-0.39, 0.29) is 11.7 Å². The Labute approximate surface area is 150 Å². The SMILES string of the molecule is CCCCOc1ccc(CC(CN)c2ccc(F)cc2)cc1OCC. The molecule has 0 heterocycles. The molecule has 1 atom stereocenters. The highest BCUT2D eigenvalue weighted by molar-refractivity contribution is 5.43. The summed E-state index contributed by atoms with van der Waals surface area (Å²) in [7, 11) is 0. The Kier molecular flexibility index (Phi) is 7.74. The van der Waals surface area contributed by atoms with Crippen molar-refractivity contribution in [2.24, 2.45) is 5.73 Å². The Balaban J connectivity index is 2.14. The lowest BCUT2D eigenvalue weighted by Gasteiger charge is -2.17. The second kappa shape index (κ2) is 10.0. The minimum atomic E-state index is -0.230. The molecule has 0 aliphatic heterocycles. The molecule has 2 rings (SSSR count). The van der Waals surface area contributed by atoms with Gasteiger partial charge >= 0.3 is 0 Å². The summed E-state index contributed by atoms with van der Waals surface area (Å²) in [4.78, 5) is 0. The lowest BCUT2D eigenvalue weighted by Crippen LogP contribution is -2.15. The van der Waals surface area contributed by atoms with E-state index in [1.807, 2.05) is 19.1 Å². The molecule has 0 bridgehead atoms. The van der Waals surface area contributed by atoms with E-state index < -0.39 is 0 Å². The van der Waals surface area contributed by atoms with Gasteiger partial charge in [0, 0.05) is 5.92 Å². The fourth-order valence-electron chi connectivity index (χ4n) is 2.75. The van der Waals surface area contributed by atoms with Crippen LogP contribution in [0.2, 0.25) is 0 Å². The van der Waals surface area contributed by atoms with Crippen molar-refractivity contribution >= 4 is 0 Å². The second-order valence-electron chi connectivity index (χ2n) is 6.10. The van der Waals surface area contributed by atoms with Crippen LogP contribution in [0.15, 0.2) is 42.5 Å². The van der Waals surface area contributed by atoms with Gasteiger partial charge < -0.3 is 15.2 Å². The molecule has 2 N–H and O–H groups in total. The van der Waals surface area contributed by atoms with Crippen molar-refractivity contribution in [3.63, 3.8) is 0 Å². The number of halogens is 1. The third-order valence-corrected chi connectivity index (χ3v) is 4.17. The van der Waals surface area contributed by atoms with Crippen LogP contribution in [0.25, 0.3) is 0 Å². The third-order valence-electron chi connectivity index (χ3n) is 4.17. The highest BCUT2D eigenvalue weighted by Crippen LogP contribution is 2.31. The summed E-state index contributed by atoms with van der Waals surface area (Å²) in [6.07, 6.45) is 2.89. The van der Waals surface area contributed by atoms with E-state index in [1.165, 1.54) is 12.1 Å². The van der Waals surface area contributed by atoms with E-state index >= 15 is 0 Å². The van der Waals surface area contributed by atoms with Gasteiger partial charge in [0.15, 0.2) is 11.5 Å². The van der Waals surface area contributed by atoms with Gasteiger partial charge in [0.05, 0.1) is 13.2 Å². The molecule has 0 aromatic heterocycles. The summed E-state index contributed by atoms with van der Waals surface area (Å²) in [5.41, 5.74) is 8.13. The topological polar surface area (TPSA) is 44.5 Å². The molecule has 3 nitrogen and oxygen atoms in total. The maximum Gasteiger partial charge on any atom is 0.161 e. The van der Waals surface area contributed by atoms with Crippen LogP contribution in [-0.4, -0.2) is 19.8 Å². The molecule has 4 heteroatoms. The summed E-state index contributed by atoms with van der Waals surface area (Å²) in [6, 6.07) is 12.6. The number of hydrogen-bond acceptors (Lipinski definition) is 3. The molecular weight excluding hydrogens is 317 g/mol. The number of rotatable bonds is 10. The molecule has 0 fully saturated rings. The van der Waals surface area contributed by atoms with E-state index in [9.17, 15) is 4.39 Å². The fourth-order valence-corrected chi connectivity index (χ4v) is 2.75. The van der Waals surface area contributed by atoms with Crippen molar-refractivity contribution in [2.75, 3.05) is 19.8 Å². The van der Waals surface area contributed by atoms with Gasteiger partial charge in [-0.15, -0.1) is 0 Å². The molecule has 2 aromatic carbocycles. The average Bonchev–Trinajstić information content (AvgIpc) is 2.62. The molecule has 0 saturated carbocycles. The summed E-state index contributed by atoms with van der Waals surface area (Å²) >= 11 is 0. The monoisotopic (exact) mass is 345 g/mol. The van der Waals surface area contributed by atoms with E-state index in [0.717, 1.165) is 41.9 Å². The van der Waals surface area contributed by atoms with E-state index in [2.05, 4.69) is 13.0 Å². The molecule has 0 saturated heterocycles. The van der Waals surface area contributed by atoms with Gasteiger partial charge in [0.1, 0.15) is 5.82 Å². The number of ether oxygens (including phenoxy) is 2. The van der Waals surface area contributed by atoms with E-state index in [0.29, 0.717) is 19.8 Å².